The quantitative estimate of drug-likeness (QED) is 0.667. The fourth-order valence-corrected chi connectivity index (χ4v) is 2.65. The summed E-state index contributed by atoms with van der Waals surface area (Å²) in [5.41, 5.74) is 1.19. The number of anilines is 2. The van der Waals surface area contributed by atoms with Gasteiger partial charge in [0.2, 0.25) is 11.8 Å². The second-order valence-electron chi connectivity index (χ2n) is 5.82. The van der Waals surface area contributed by atoms with Crippen molar-refractivity contribution in [1.82, 2.24) is 4.90 Å². The van der Waals surface area contributed by atoms with Crippen molar-refractivity contribution in [1.29, 1.82) is 0 Å². The number of nitrogens with zero attached hydrogens (tertiary/aromatic N) is 1. The molecule has 0 heterocycles. The number of benzene rings is 2. The highest BCUT2D eigenvalue weighted by Gasteiger charge is 2.15. The summed E-state index contributed by atoms with van der Waals surface area (Å²) in [6, 6.07) is 11.5. The number of esters is 1. The molecule has 2 aromatic carbocycles. The van der Waals surface area contributed by atoms with Crippen LogP contribution in [0.2, 0.25) is 10.0 Å². The number of amides is 2. The van der Waals surface area contributed by atoms with Crippen molar-refractivity contribution in [2.24, 2.45) is 0 Å². The SMILES string of the molecule is COC(=O)c1cc(NCC(=O)N(C)CC(=O)Nc2ccccc2Cl)ccc1Cl. The molecule has 0 aliphatic rings. The van der Waals surface area contributed by atoms with Gasteiger partial charge in [-0.1, -0.05) is 35.3 Å². The van der Waals surface area contributed by atoms with Gasteiger partial charge in [-0.15, -0.1) is 0 Å². The summed E-state index contributed by atoms with van der Waals surface area (Å²) in [7, 11) is 2.77. The Morgan fingerprint density at radius 1 is 1.07 bits per heavy atom. The highest BCUT2D eigenvalue weighted by molar-refractivity contribution is 6.34. The second kappa shape index (κ2) is 9.96. The fraction of sp³-hybridized carbons (Fsp3) is 0.211. The van der Waals surface area contributed by atoms with E-state index in [1.807, 2.05) is 0 Å². The average Bonchev–Trinajstić information content (AvgIpc) is 2.68. The lowest BCUT2D eigenvalue weighted by Gasteiger charge is -2.18. The largest absolute Gasteiger partial charge is 0.465 e. The molecule has 0 atom stereocenters. The molecule has 2 amide bonds. The number of halogens is 2. The number of carbonyl (C=O) groups excluding carboxylic acids is 3. The van der Waals surface area contributed by atoms with Crippen molar-refractivity contribution in [3.05, 3.63) is 58.1 Å². The van der Waals surface area contributed by atoms with Crippen LogP contribution in [0.15, 0.2) is 42.5 Å². The van der Waals surface area contributed by atoms with Crippen molar-refractivity contribution >= 4 is 52.4 Å². The predicted molar refractivity (Wildman–Crippen MR) is 109 cm³/mol. The number of rotatable bonds is 7. The molecule has 0 spiro atoms. The first kappa shape index (κ1) is 21.5. The molecule has 28 heavy (non-hydrogen) atoms. The van der Waals surface area contributed by atoms with Gasteiger partial charge in [0, 0.05) is 12.7 Å². The van der Waals surface area contributed by atoms with E-state index in [-0.39, 0.29) is 35.5 Å². The van der Waals surface area contributed by atoms with Gasteiger partial charge in [0.15, 0.2) is 0 Å². The van der Waals surface area contributed by atoms with Gasteiger partial charge < -0.3 is 20.3 Å². The number of nitrogens with one attached hydrogen (secondary N) is 2. The molecule has 0 saturated heterocycles. The topological polar surface area (TPSA) is 87.7 Å². The first-order valence-corrected chi connectivity index (χ1v) is 8.97. The molecule has 0 aromatic heterocycles. The summed E-state index contributed by atoms with van der Waals surface area (Å²) in [4.78, 5) is 37.3. The number of ether oxygens (including phenoxy) is 1. The minimum Gasteiger partial charge on any atom is -0.465 e. The molecule has 0 aliphatic carbocycles. The zero-order valence-corrected chi connectivity index (χ0v) is 16.8. The molecular weight excluding hydrogens is 405 g/mol. The Bertz CT molecular complexity index is 889. The third kappa shape index (κ3) is 5.87. The Hall–Kier alpha value is -2.77. The zero-order valence-electron chi connectivity index (χ0n) is 15.3. The predicted octanol–water partition coefficient (Wildman–Crippen LogP) is 3.29. The third-order valence-corrected chi connectivity index (χ3v) is 4.43. The monoisotopic (exact) mass is 423 g/mol. The third-order valence-electron chi connectivity index (χ3n) is 3.77. The molecule has 0 radical (unpaired) electrons. The van der Waals surface area contributed by atoms with Crippen LogP contribution in [-0.2, 0) is 14.3 Å². The first-order valence-electron chi connectivity index (χ1n) is 8.22. The second-order valence-corrected chi connectivity index (χ2v) is 6.63. The Labute approximate surface area is 172 Å². The summed E-state index contributed by atoms with van der Waals surface area (Å²) in [5, 5.41) is 6.20. The van der Waals surface area contributed by atoms with Gasteiger partial charge >= 0.3 is 5.97 Å². The number of likely N-dealkylation sites (N-methyl/N-ethyl adjacent to an activating group) is 1. The molecule has 2 N–H and O–H groups in total. The van der Waals surface area contributed by atoms with Gasteiger partial charge in [-0.25, -0.2) is 4.79 Å². The number of carbonyl (C=O) groups is 3. The molecule has 0 unspecified atom stereocenters. The highest BCUT2D eigenvalue weighted by atomic mass is 35.5. The van der Waals surface area contributed by atoms with Crippen LogP contribution in [0.25, 0.3) is 0 Å². The van der Waals surface area contributed by atoms with E-state index in [2.05, 4.69) is 15.4 Å². The van der Waals surface area contributed by atoms with Gasteiger partial charge in [-0.05, 0) is 30.3 Å². The highest BCUT2D eigenvalue weighted by Crippen LogP contribution is 2.22. The molecule has 0 saturated carbocycles. The van der Waals surface area contributed by atoms with Crippen molar-refractivity contribution < 1.29 is 19.1 Å². The van der Waals surface area contributed by atoms with Gasteiger partial charge in [-0.2, -0.15) is 0 Å². The Morgan fingerprint density at radius 3 is 2.46 bits per heavy atom. The van der Waals surface area contributed by atoms with Crippen molar-refractivity contribution in [3.63, 3.8) is 0 Å². The molecule has 0 aliphatic heterocycles. The van der Waals surface area contributed by atoms with Crippen molar-refractivity contribution in [3.8, 4) is 0 Å². The summed E-state index contributed by atoms with van der Waals surface area (Å²) in [5.74, 6) is -1.26. The zero-order chi connectivity index (χ0) is 20.7. The number of hydrogen-bond donors (Lipinski definition) is 2. The Morgan fingerprint density at radius 2 is 1.79 bits per heavy atom. The van der Waals surface area contributed by atoms with Crippen LogP contribution in [0.5, 0.6) is 0 Å². The molecule has 148 valence electrons. The standard InChI is InChI=1S/C19H19Cl2N3O4/c1-24(11-17(25)23-16-6-4-3-5-15(16)21)18(26)10-22-12-7-8-14(20)13(9-12)19(27)28-2/h3-9,22H,10-11H2,1-2H3,(H,23,25). The Balaban J connectivity index is 1.89. The molecule has 7 nitrogen and oxygen atoms in total. The van der Waals surface area contributed by atoms with Crippen LogP contribution in [0.1, 0.15) is 10.4 Å². The number of hydrogen-bond acceptors (Lipinski definition) is 5. The van der Waals surface area contributed by atoms with Crippen LogP contribution in [-0.4, -0.2) is 49.9 Å². The van der Waals surface area contributed by atoms with Crippen LogP contribution in [0, 0.1) is 0 Å². The summed E-state index contributed by atoms with van der Waals surface area (Å²) in [6.45, 7) is -0.210. The van der Waals surface area contributed by atoms with Gasteiger partial charge in [-0.3, -0.25) is 9.59 Å². The summed E-state index contributed by atoms with van der Waals surface area (Å²) >= 11 is 12.0. The van der Waals surface area contributed by atoms with E-state index in [0.717, 1.165) is 0 Å². The lowest BCUT2D eigenvalue weighted by Crippen LogP contribution is -2.38. The van der Waals surface area contributed by atoms with E-state index in [9.17, 15) is 14.4 Å². The first-order chi connectivity index (χ1) is 13.3. The van der Waals surface area contributed by atoms with Crippen LogP contribution >= 0.6 is 23.2 Å². The van der Waals surface area contributed by atoms with E-state index >= 15 is 0 Å². The van der Waals surface area contributed by atoms with E-state index in [0.29, 0.717) is 16.4 Å². The maximum absolute atomic E-state index is 12.3. The molecule has 2 aromatic rings. The van der Waals surface area contributed by atoms with E-state index in [1.54, 1.807) is 30.3 Å². The minimum atomic E-state index is -0.576. The molecular formula is C19H19Cl2N3O4. The minimum absolute atomic E-state index is 0.0713. The van der Waals surface area contributed by atoms with Crippen molar-refractivity contribution in [2.45, 2.75) is 0 Å². The molecule has 2 rings (SSSR count). The summed E-state index contributed by atoms with van der Waals surface area (Å²) < 4.78 is 4.66. The maximum atomic E-state index is 12.3. The van der Waals surface area contributed by atoms with Crippen molar-refractivity contribution in [2.75, 3.05) is 37.9 Å². The molecule has 0 fully saturated rings. The number of methoxy groups -OCH3 is 1. The van der Waals surface area contributed by atoms with E-state index < -0.39 is 5.97 Å². The van der Waals surface area contributed by atoms with Crippen LogP contribution < -0.4 is 10.6 Å². The van der Waals surface area contributed by atoms with E-state index in [4.69, 9.17) is 23.2 Å². The smallest absolute Gasteiger partial charge is 0.339 e. The average molecular weight is 424 g/mol. The molecule has 0 bridgehead atoms. The van der Waals surface area contributed by atoms with Crippen LogP contribution in [0.4, 0.5) is 11.4 Å². The van der Waals surface area contributed by atoms with Gasteiger partial charge in [0.05, 0.1) is 41.5 Å². The maximum Gasteiger partial charge on any atom is 0.339 e. The lowest BCUT2D eigenvalue weighted by molar-refractivity contribution is -0.131. The van der Waals surface area contributed by atoms with E-state index in [1.165, 1.54) is 31.2 Å². The normalized spacial score (nSPS) is 10.1. The van der Waals surface area contributed by atoms with Crippen LogP contribution in [0.3, 0.4) is 0 Å². The van der Waals surface area contributed by atoms with Gasteiger partial charge in [0.1, 0.15) is 0 Å². The lowest BCUT2D eigenvalue weighted by atomic mass is 10.2. The Kier molecular flexibility index (Phi) is 7.66. The fourth-order valence-electron chi connectivity index (χ4n) is 2.27. The summed E-state index contributed by atoms with van der Waals surface area (Å²) in [6.07, 6.45) is 0. The van der Waals surface area contributed by atoms with Gasteiger partial charge in [0.25, 0.3) is 0 Å². The molecule has 9 heteroatoms. The number of para-hydroxylation sites is 1.